The number of hydrogen-bond acceptors (Lipinski definition) is 4. The molecule has 8 heteroatoms. The number of carbonyl (C=O) groups is 1. The lowest BCUT2D eigenvalue weighted by molar-refractivity contribution is -0.142. The summed E-state index contributed by atoms with van der Waals surface area (Å²) in [5.41, 5.74) is 0. The first-order valence-corrected chi connectivity index (χ1v) is 8.33. The van der Waals surface area contributed by atoms with Gasteiger partial charge >= 0.3 is 5.97 Å². The van der Waals surface area contributed by atoms with Crippen LogP contribution in [0.5, 0.6) is 0 Å². The Balaban J connectivity index is 2.14. The molecule has 2 rings (SSSR count). The van der Waals surface area contributed by atoms with Crippen molar-refractivity contribution in [2.24, 2.45) is 5.92 Å². The monoisotopic (exact) mass is 306 g/mol. The fourth-order valence-electron chi connectivity index (χ4n) is 2.70. The molecule has 2 aliphatic heterocycles. The summed E-state index contributed by atoms with van der Waals surface area (Å²) in [5.74, 6) is -1.53. The quantitative estimate of drug-likeness (QED) is 0.801. The zero-order valence-electron chi connectivity index (χ0n) is 11.9. The van der Waals surface area contributed by atoms with Crippen LogP contribution in [-0.4, -0.2) is 66.5 Å². The molecule has 0 bridgehead atoms. The average Bonchev–Trinajstić information content (AvgIpc) is 2.41. The van der Waals surface area contributed by atoms with Crippen LogP contribution in [0.15, 0.2) is 0 Å². The smallest absolute Gasteiger partial charge is 0.307 e. The number of nitrogens with zero attached hydrogens (tertiary/aromatic N) is 2. The Kier molecular flexibility index (Phi) is 4.68. The third-order valence-corrected chi connectivity index (χ3v) is 5.99. The molecule has 116 valence electrons. The summed E-state index contributed by atoms with van der Waals surface area (Å²) >= 11 is 0. The predicted octanol–water partition coefficient (Wildman–Crippen LogP) is 0.137. The van der Waals surface area contributed by atoms with E-state index in [1.807, 2.05) is 13.8 Å². The number of aliphatic carboxylic acids is 1. The van der Waals surface area contributed by atoms with Crippen molar-refractivity contribution < 1.29 is 23.1 Å². The Hall–Kier alpha value is -0.700. The SMILES string of the molecule is CC1CN(S(=O)(=O)N2CCCC(C(=O)O)C2)C(C)CO1. The number of carboxylic acids is 1. The molecule has 0 aliphatic carbocycles. The van der Waals surface area contributed by atoms with E-state index in [0.29, 0.717) is 32.5 Å². The van der Waals surface area contributed by atoms with Crippen LogP contribution < -0.4 is 0 Å². The van der Waals surface area contributed by atoms with E-state index in [1.54, 1.807) is 0 Å². The van der Waals surface area contributed by atoms with Crippen molar-refractivity contribution in [1.29, 1.82) is 0 Å². The molecule has 2 aliphatic rings. The van der Waals surface area contributed by atoms with Crippen LogP contribution >= 0.6 is 0 Å². The van der Waals surface area contributed by atoms with E-state index >= 15 is 0 Å². The molecule has 0 aromatic rings. The van der Waals surface area contributed by atoms with Crippen LogP contribution in [0.2, 0.25) is 0 Å². The Labute approximate surface area is 119 Å². The summed E-state index contributed by atoms with van der Waals surface area (Å²) < 4.78 is 33.5. The molecule has 0 spiro atoms. The van der Waals surface area contributed by atoms with Gasteiger partial charge in [0.2, 0.25) is 0 Å². The van der Waals surface area contributed by atoms with E-state index in [9.17, 15) is 13.2 Å². The molecule has 0 aromatic carbocycles. The van der Waals surface area contributed by atoms with Gasteiger partial charge < -0.3 is 9.84 Å². The zero-order valence-corrected chi connectivity index (χ0v) is 12.7. The van der Waals surface area contributed by atoms with Crippen LogP contribution in [-0.2, 0) is 19.7 Å². The molecule has 20 heavy (non-hydrogen) atoms. The van der Waals surface area contributed by atoms with Gasteiger partial charge in [-0.05, 0) is 26.7 Å². The van der Waals surface area contributed by atoms with Crippen LogP contribution in [0.25, 0.3) is 0 Å². The highest BCUT2D eigenvalue weighted by molar-refractivity contribution is 7.86. The second-order valence-electron chi connectivity index (χ2n) is 5.61. The third kappa shape index (κ3) is 3.13. The van der Waals surface area contributed by atoms with Crippen LogP contribution in [0.3, 0.4) is 0 Å². The van der Waals surface area contributed by atoms with E-state index in [1.165, 1.54) is 8.61 Å². The van der Waals surface area contributed by atoms with E-state index in [2.05, 4.69) is 0 Å². The normalized spacial score (nSPS) is 34.0. The number of piperidine rings is 1. The van der Waals surface area contributed by atoms with E-state index in [-0.39, 0.29) is 18.7 Å². The van der Waals surface area contributed by atoms with Gasteiger partial charge in [0.1, 0.15) is 0 Å². The molecule has 0 aromatic heterocycles. The van der Waals surface area contributed by atoms with Gasteiger partial charge in [-0.1, -0.05) is 0 Å². The maximum absolute atomic E-state index is 12.7. The number of hydrogen-bond donors (Lipinski definition) is 1. The molecule has 7 nitrogen and oxygen atoms in total. The topological polar surface area (TPSA) is 87.2 Å². The first-order valence-electron chi connectivity index (χ1n) is 6.93. The first-order chi connectivity index (χ1) is 9.32. The van der Waals surface area contributed by atoms with Gasteiger partial charge in [-0.15, -0.1) is 0 Å². The molecule has 2 saturated heterocycles. The van der Waals surface area contributed by atoms with Gasteiger partial charge in [-0.3, -0.25) is 4.79 Å². The highest BCUT2D eigenvalue weighted by Crippen LogP contribution is 2.24. The van der Waals surface area contributed by atoms with Gasteiger partial charge in [-0.25, -0.2) is 0 Å². The second kappa shape index (κ2) is 5.97. The summed E-state index contributed by atoms with van der Waals surface area (Å²) in [4.78, 5) is 11.1. The van der Waals surface area contributed by atoms with Crippen molar-refractivity contribution in [2.75, 3.05) is 26.2 Å². The minimum absolute atomic E-state index is 0.0656. The zero-order chi connectivity index (χ0) is 14.9. The Morgan fingerprint density at radius 2 is 2.00 bits per heavy atom. The average molecular weight is 306 g/mol. The standard InChI is InChI=1S/C12H22N2O5S/c1-9-8-19-10(2)6-14(9)20(17,18)13-5-3-4-11(7-13)12(15)16/h9-11H,3-8H2,1-2H3,(H,15,16). The number of morpholine rings is 1. The fraction of sp³-hybridized carbons (Fsp3) is 0.917. The Morgan fingerprint density at radius 3 is 2.65 bits per heavy atom. The van der Waals surface area contributed by atoms with E-state index < -0.39 is 22.1 Å². The largest absolute Gasteiger partial charge is 0.481 e. The van der Waals surface area contributed by atoms with E-state index in [4.69, 9.17) is 9.84 Å². The molecule has 2 fully saturated rings. The minimum atomic E-state index is -3.61. The maximum Gasteiger partial charge on any atom is 0.307 e. The van der Waals surface area contributed by atoms with Crippen LogP contribution in [0, 0.1) is 5.92 Å². The summed E-state index contributed by atoms with van der Waals surface area (Å²) in [6.45, 7) is 4.79. The highest BCUT2D eigenvalue weighted by atomic mass is 32.2. The van der Waals surface area contributed by atoms with Crippen molar-refractivity contribution in [3.05, 3.63) is 0 Å². The minimum Gasteiger partial charge on any atom is -0.481 e. The molecule has 1 N–H and O–H groups in total. The lowest BCUT2D eigenvalue weighted by atomic mass is 10.0. The Bertz CT molecular complexity index is 466. The molecule has 0 radical (unpaired) electrons. The lowest BCUT2D eigenvalue weighted by Crippen LogP contribution is -2.56. The molecule has 0 saturated carbocycles. The maximum atomic E-state index is 12.7. The molecular weight excluding hydrogens is 284 g/mol. The highest BCUT2D eigenvalue weighted by Gasteiger charge is 2.40. The predicted molar refractivity (Wildman–Crippen MR) is 72.4 cm³/mol. The number of ether oxygens (including phenoxy) is 1. The number of rotatable bonds is 3. The third-order valence-electron chi connectivity index (χ3n) is 3.91. The molecule has 3 atom stereocenters. The molecule has 2 heterocycles. The van der Waals surface area contributed by atoms with Crippen molar-refractivity contribution >= 4 is 16.2 Å². The van der Waals surface area contributed by atoms with Gasteiger partial charge in [0.15, 0.2) is 0 Å². The second-order valence-corrected chi connectivity index (χ2v) is 7.49. The van der Waals surface area contributed by atoms with Gasteiger partial charge in [0.25, 0.3) is 10.2 Å². The molecule has 0 amide bonds. The van der Waals surface area contributed by atoms with Crippen LogP contribution in [0.1, 0.15) is 26.7 Å². The fourth-order valence-corrected chi connectivity index (χ4v) is 4.63. The van der Waals surface area contributed by atoms with Gasteiger partial charge in [0.05, 0.1) is 18.6 Å². The number of carboxylic acid groups (broad SMARTS) is 1. The lowest BCUT2D eigenvalue weighted by Gasteiger charge is -2.40. The van der Waals surface area contributed by atoms with E-state index in [0.717, 1.165) is 0 Å². The van der Waals surface area contributed by atoms with Crippen molar-refractivity contribution in [3.8, 4) is 0 Å². The molecular formula is C12H22N2O5S. The Morgan fingerprint density at radius 1 is 1.30 bits per heavy atom. The summed E-state index contributed by atoms with van der Waals surface area (Å²) in [7, 11) is -3.61. The van der Waals surface area contributed by atoms with Gasteiger partial charge in [0, 0.05) is 25.7 Å². The summed E-state index contributed by atoms with van der Waals surface area (Å²) in [5, 5.41) is 9.07. The summed E-state index contributed by atoms with van der Waals surface area (Å²) in [6, 6.07) is -0.221. The first kappa shape index (κ1) is 15.7. The van der Waals surface area contributed by atoms with Crippen molar-refractivity contribution in [1.82, 2.24) is 8.61 Å². The van der Waals surface area contributed by atoms with Gasteiger partial charge in [-0.2, -0.15) is 17.0 Å². The van der Waals surface area contributed by atoms with Crippen molar-refractivity contribution in [2.45, 2.75) is 38.8 Å². The van der Waals surface area contributed by atoms with Crippen molar-refractivity contribution in [3.63, 3.8) is 0 Å². The molecule has 3 unspecified atom stereocenters. The van der Waals surface area contributed by atoms with Crippen LogP contribution in [0.4, 0.5) is 0 Å². The summed E-state index contributed by atoms with van der Waals surface area (Å²) in [6.07, 6.45) is 0.988.